The van der Waals surface area contributed by atoms with E-state index in [2.05, 4.69) is 5.32 Å². The Bertz CT molecular complexity index is 365. The predicted octanol–water partition coefficient (Wildman–Crippen LogP) is 0.224. The van der Waals surface area contributed by atoms with Crippen LogP contribution < -0.4 is 5.32 Å². The first-order chi connectivity index (χ1) is 8.32. The van der Waals surface area contributed by atoms with Crippen LogP contribution in [0.1, 0.15) is 33.1 Å². The molecule has 0 aromatic rings. The molecule has 1 atom stereocenters. The van der Waals surface area contributed by atoms with Crippen molar-refractivity contribution < 1.29 is 19.5 Å². The highest BCUT2D eigenvalue weighted by atomic mass is 16.4. The van der Waals surface area contributed by atoms with Crippen LogP contribution in [0.4, 0.5) is 0 Å². The SMILES string of the molecule is CNC(=O)C1CCCCN1C(=O)C(C)(C)C(=O)O. The number of hydrogen-bond donors (Lipinski definition) is 2. The molecule has 1 aliphatic rings. The van der Waals surface area contributed by atoms with Gasteiger partial charge in [0.15, 0.2) is 0 Å². The van der Waals surface area contributed by atoms with E-state index in [9.17, 15) is 14.4 Å². The summed E-state index contributed by atoms with van der Waals surface area (Å²) in [4.78, 5) is 36.5. The largest absolute Gasteiger partial charge is 0.480 e. The van der Waals surface area contributed by atoms with Crippen molar-refractivity contribution in [2.24, 2.45) is 5.41 Å². The second kappa shape index (κ2) is 5.37. The number of piperidine rings is 1. The summed E-state index contributed by atoms with van der Waals surface area (Å²) in [5, 5.41) is 11.6. The van der Waals surface area contributed by atoms with E-state index in [1.54, 1.807) is 0 Å². The van der Waals surface area contributed by atoms with E-state index in [4.69, 9.17) is 5.11 Å². The van der Waals surface area contributed by atoms with Crippen molar-refractivity contribution in [1.29, 1.82) is 0 Å². The van der Waals surface area contributed by atoms with Crippen LogP contribution >= 0.6 is 0 Å². The van der Waals surface area contributed by atoms with Gasteiger partial charge in [-0.25, -0.2) is 0 Å². The lowest BCUT2D eigenvalue weighted by atomic mass is 9.89. The van der Waals surface area contributed by atoms with Crippen LogP contribution in [0, 0.1) is 5.41 Å². The molecular formula is C12H20N2O4. The van der Waals surface area contributed by atoms with Crippen LogP contribution in [0.15, 0.2) is 0 Å². The molecule has 6 heteroatoms. The van der Waals surface area contributed by atoms with Crippen molar-refractivity contribution in [2.45, 2.75) is 39.2 Å². The third kappa shape index (κ3) is 2.63. The van der Waals surface area contributed by atoms with E-state index < -0.39 is 23.3 Å². The van der Waals surface area contributed by atoms with Gasteiger partial charge in [0, 0.05) is 13.6 Å². The number of carbonyl (C=O) groups is 3. The van der Waals surface area contributed by atoms with Crippen LogP contribution in [0.2, 0.25) is 0 Å². The van der Waals surface area contributed by atoms with Gasteiger partial charge in [-0.15, -0.1) is 0 Å². The Morgan fingerprint density at radius 2 is 1.89 bits per heavy atom. The van der Waals surface area contributed by atoms with Gasteiger partial charge in [0.2, 0.25) is 11.8 Å². The molecule has 1 rings (SSSR count). The molecule has 0 saturated carbocycles. The number of rotatable bonds is 3. The van der Waals surface area contributed by atoms with Crippen molar-refractivity contribution in [3.05, 3.63) is 0 Å². The molecular weight excluding hydrogens is 236 g/mol. The van der Waals surface area contributed by atoms with E-state index in [-0.39, 0.29) is 5.91 Å². The van der Waals surface area contributed by atoms with E-state index in [1.165, 1.54) is 25.8 Å². The van der Waals surface area contributed by atoms with Crippen LogP contribution in [-0.4, -0.2) is 47.4 Å². The monoisotopic (exact) mass is 256 g/mol. The Hall–Kier alpha value is -1.59. The van der Waals surface area contributed by atoms with Crippen LogP contribution in [0.3, 0.4) is 0 Å². The van der Waals surface area contributed by atoms with Crippen molar-refractivity contribution in [2.75, 3.05) is 13.6 Å². The fraction of sp³-hybridized carbons (Fsp3) is 0.750. The first kappa shape index (κ1) is 14.5. The number of carboxylic acid groups (broad SMARTS) is 1. The topological polar surface area (TPSA) is 86.7 Å². The number of nitrogens with one attached hydrogen (secondary N) is 1. The predicted molar refractivity (Wildman–Crippen MR) is 64.8 cm³/mol. The fourth-order valence-electron chi connectivity index (χ4n) is 2.06. The molecule has 2 amide bonds. The van der Waals surface area contributed by atoms with Gasteiger partial charge in [-0.05, 0) is 33.1 Å². The Morgan fingerprint density at radius 3 is 2.39 bits per heavy atom. The summed E-state index contributed by atoms with van der Waals surface area (Å²) in [5.41, 5.74) is -1.50. The molecule has 1 aliphatic heterocycles. The third-order valence-electron chi connectivity index (χ3n) is 3.38. The van der Waals surface area contributed by atoms with Crippen molar-refractivity contribution in [3.8, 4) is 0 Å². The van der Waals surface area contributed by atoms with E-state index >= 15 is 0 Å². The van der Waals surface area contributed by atoms with Crippen molar-refractivity contribution in [3.63, 3.8) is 0 Å². The second-order valence-electron chi connectivity index (χ2n) is 5.05. The summed E-state index contributed by atoms with van der Waals surface area (Å²) in [6.45, 7) is 3.17. The minimum Gasteiger partial charge on any atom is -0.480 e. The zero-order valence-corrected chi connectivity index (χ0v) is 11.0. The summed E-state index contributed by atoms with van der Waals surface area (Å²) in [6.07, 6.45) is 2.26. The minimum absolute atomic E-state index is 0.232. The first-order valence-corrected chi connectivity index (χ1v) is 6.08. The van der Waals surface area contributed by atoms with Crippen LogP contribution in [0.25, 0.3) is 0 Å². The average Bonchev–Trinajstić information content (AvgIpc) is 2.36. The minimum atomic E-state index is -1.50. The van der Waals surface area contributed by atoms with Crippen LogP contribution in [-0.2, 0) is 14.4 Å². The number of hydrogen-bond acceptors (Lipinski definition) is 3. The molecule has 0 spiro atoms. The van der Waals surface area contributed by atoms with Gasteiger partial charge < -0.3 is 15.3 Å². The summed E-state index contributed by atoms with van der Waals surface area (Å²) >= 11 is 0. The maximum absolute atomic E-state index is 12.3. The highest BCUT2D eigenvalue weighted by Crippen LogP contribution is 2.25. The number of carbonyl (C=O) groups excluding carboxylic acids is 2. The molecule has 0 aromatic heterocycles. The maximum atomic E-state index is 12.3. The first-order valence-electron chi connectivity index (χ1n) is 6.08. The zero-order valence-electron chi connectivity index (χ0n) is 11.0. The average molecular weight is 256 g/mol. The smallest absolute Gasteiger partial charge is 0.318 e. The summed E-state index contributed by atoms with van der Waals surface area (Å²) < 4.78 is 0. The van der Waals surface area contributed by atoms with Crippen molar-refractivity contribution >= 4 is 17.8 Å². The van der Waals surface area contributed by atoms with Crippen LogP contribution in [0.5, 0.6) is 0 Å². The molecule has 0 bridgehead atoms. The highest BCUT2D eigenvalue weighted by Gasteiger charge is 2.43. The lowest BCUT2D eigenvalue weighted by molar-refractivity contribution is -0.161. The molecule has 2 N–H and O–H groups in total. The van der Waals surface area contributed by atoms with Gasteiger partial charge in [0.05, 0.1) is 0 Å². The molecule has 1 heterocycles. The van der Waals surface area contributed by atoms with E-state index in [0.29, 0.717) is 13.0 Å². The van der Waals surface area contributed by atoms with Gasteiger partial charge in [0.1, 0.15) is 11.5 Å². The number of nitrogens with zero attached hydrogens (tertiary/aromatic N) is 1. The number of carboxylic acids is 1. The van der Waals surface area contributed by atoms with E-state index in [0.717, 1.165) is 12.8 Å². The lowest BCUT2D eigenvalue weighted by Crippen LogP contribution is -2.56. The molecule has 0 aliphatic carbocycles. The Morgan fingerprint density at radius 1 is 1.28 bits per heavy atom. The number of likely N-dealkylation sites (N-methyl/N-ethyl adjacent to an activating group) is 1. The molecule has 18 heavy (non-hydrogen) atoms. The lowest BCUT2D eigenvalue weighted by Gasteiger charge is -2.37. The molecule has 102 valence electrons. The molecule has 0 aromatic carbocycles. The summed E-state index contributed by atoms with van der Waals surface area (Å²) in [6, 6.07) is -0.546. The number of aliphatic carboxylic acids is 1. The molecule has 0 radical (unpaired) electrons. The van der Waals surface area contributed by atoms with Gasteiger partial charge >= 0.3 is 5.97 Å². The Labute approximate surface area is 106 Å². The number of likely N-dealkylation sites (tertiary alicyclic amines) is 1. The van der Waals surface area contributed by atoms with Gasteiger partial charge in [0.25, 0.3) is 0 Å². The summed E-state index contributed by atoms with van der Waals surface area (Å²) in [5.74, 6) is -1.90. The van der Waals surface area contributed by atoms with Gasteiger partial charge in [-0.2, -0.15) is 0 Å². The quantitative estimate of drug-likeness (QED) is 0.707. The Balaban J connectivity index is 2.94. The highest BCUT2D eigenvalue weighted by molar-refractivity contribution is 6.02. The summed E-state index contributed by atoms with van der Waals surface area (Å²) in [7, 11) is 1.52. The van der Waals surface area contributed by atoms with Gasteiger partial charge in [-0.1, -0.05) is 0 Å². The standard InChI is InChI=1S/C12H20N2O4/c1-12(2,11(17)18)10(16)14-7-5-4-6-8(14)9(15)13-3/h8H,4-7H2,1-3H3,(H,13,15)(H,17,18). The molecule has 1 unspecified atom stereocenters. The maximum Gasteiger partial charge on any atom is 0.318 e. The molecule has 1 saturated heterocycles. The van der Waals surface area contributed by atoms with Crippen molar-refractivity contribution in [1.82, 2.24) is 10.2 Å². The third-order valence-corrected chi connectivity index (χ3v) is 3.38. The normalized spacial score (nSPS) is 20.4. The fourth-order valence-corrected chi connectivity index (χ4v) is 2.06. The molecule has 1 fully saturated rings. The molecule has 6 nitrogen and oxygen atoms in total. The number of amides is 2. The Kier molecular flexibility index (Phi) is 4.32. The second-order valence-corrected chi connectivity index (χ2v) is 5.05. The van der Waals surface area contributed by atoms with Gasteiger partial charge in [-0.3, -0.25) is 14.4 Å². The zero-order chi connectivity index (χ0) is 13.9. The van der Waals surface area contributed by atoms with E-state index in [1.807, 2.05) is 0 Å².